The van der Waals surface area contributed by atoms with E-state index in [0.717, 1.165) is 12.1 Å². The summed E-state index contributed by atoms with van der Waals surface area (Å²) in [6.45, 7) is 0.485. The Morgan fingerprint density at radius 1 is 1.19 bits per heavy atom. The standard InChI is InChI=1S/C21H23F3IN3O4/c1-31-17(32-2)8-26-9-21(30)10-28(11-21)20(29)13-4-5-14(22)18(24)19(13)27-16-6-3-12(25)7-15(16)23/h3-7,17,26-27,30H,8-11H2,1-2H3. The van der Waals surface area contributed by atoms with Crippen LogP contribution in [0.2, 0.25) is 0 Å². The van der Waals surface area contributed by atoms with Gasteiger partial charge in [0.25, 0.3) is 5.91 Å². The molecular weight excluding hydrogens is 542 g/mol. The first-order valence-electron chi connectivity index (χ1n) is 9.65. The van der Waals surface area contributed by atoms with Gasteiger partial charge in [-0.3, -0.25) is 4.79 Å². The molecule has 1 saturated heterocycles. The minimum atomic E-state index is -1.29. The molecular formula is C21H23F3IN3O4. The van der Waals surface area contributed by atoms with Crippen molar-refractivity contribution in [1.29, 1.82) is 0 Å². The first-order valence-corrected chi connectivity index (χ1v) is 10.7. The van der Waals surface area contributed by atoms with Crippen LogP contribution in [0.4, 0.5) is 24.5 Å². The summed E-state index contributed by atoms with van der Waals surface area (Å²) in [6, 6.07) is 6.15. The van der Waals surface area contributed by atoms with Gasteiger partial charge in [-0.2, -0.15) is 0 Å². The van der Waals surface area contributed by atoms with E-state index in [4.69, 9.17) is 9.47 Å². The van der Waals surface area contributed by atoms with E-state index < -0.39 is 40.9 Å². The van der Waals surface area contributed by atoms with Crippen LogP contribution in [0.25, 0.3) is 0 Å². The molecule has 2 aromatic rings. The Hall–Kier alpha value is -1.93. The minimum absolute atomic E-state index is 0.0141. The Morgan fingerprint density at radius 2 is 1.88 bits per heavy atom. The lowest BCUT2D eigenvalue weighted by molar-refractivity contribution is -0.108. The molecule has 0 radical (unpaired) electrons. The number of carbonyl (C=O) groups excluding carboxylic acids is 1. The molecule has 1 heterocycles. The summed E-state index contributed by atoms with van der Waals surface area (Å²) in [7, 11) is 2.98. The number of methoxy groups -OCH3 is 2. The highest BCUT2D eigenvalue weighted by molar-refractivity contribution is 14.1. The average Bonchev–Trinajstić information content (AvgIpc) is 2.74. The van der Waals surface area contributed by atoms with Crippen LogP contribution in [0, 0.1) is 21.0 Å². The van der Waals surface area contributed by atoms with Crippen molar-refractivity contribution in [2.45, 2.75) is 11.9 Å². The first-order chi connectivity index (χ1) is 15.2. The third-order valence-electron chi connectivity index (χ3n) is 5.06. The van der Waals surface area contributed by atoms with Gasteiger partial charge in [-0.25, -0.2) is 13.2 Å². The van der Waals surface area contributed by atoms with Gasteiger partial charge in [0.1, 0.15) is 11.4 Å². The fourth-order valence-electron chi connectivity index (χ4n) is 3.35. The highest BCUT2D eigenvalue weighted by atomic mass is 127. The lowest BCUT2D eigenvalue weighted by atomic mass is 9.92. The lowest BCUT2D eigenvalue weighted by Gasteiger charge is -2.46. The van der Waals surface area contributed by atoms with Gasteiger partial charge in [0.15, 0.2) is 17.9 Å². The molecule has 0 aliphatic carbocycles. The quantitative estimate of drug-likeness (QED) is 0.321. The van der Waals surface area contributed by atoms with Crippen LogP contribution >= 0.6 is 22.6 Å². The van der Waals surface area contributed by atoms with Gasteiger partial charge in [0.2, 0.25) is 0 Å². The first kappa shape index (κ1) is 24.7. The molecule has 0 saturated carbocycles. The number of likely N-dealkylation sites (tertiary alicyclic amines) is 1. The number of hydrogen-bond donors (Lipinski definition) is 3. The number of benzene rings is 2. The molecule has 3 rings (SSSR count). The van der Waals surface area contributed by atoms with E-state index in [1.165, 1.54) is 31.3 Å². The van der Waals surface area contributed by atoms with Gasteiger partial charge >= 0.3 is 0 Å². The topological polar surface area (TPSA) is 83.1 Å². The summed E-state index contributed by atoms with van der Waals surface area (Å²) in [5.74, 6) is -3.76. The highest BCUT2D eigenvalue weighted by Crippen LogP contribution is 2.31. The summed E-state index contributed by atoms with van der Waals surface area (Å²) in [6.07, 6.45) is -0.478. The monoisotopic (exact) mass is 565 g/mol. The Labute approximate surface area is 197 Å². The maximum Gasteiger partial charge on any atom is 0.256 e. The number of nitrogens with zero attached hydrogens (tertiary/aromatic N) is 1. The number of nitrogens with one attached hydrogen (secondary N) is 2. The van der Waals surface area contributed by atoms with Crippen LogP contribution in [0.5, 0.6) is 0 Å². The normalized spacial score (nSPS) is 15.1. The Morgan fingerprint density at radius 3 is 2.50 bits per heavy atom. The van der Waals surface area contributed by atoms with Crippen molar-refractivity contribution in [2.24, 2.45) is 0 Å². The number of carbonyl (C=O) groups is 1. The van der Waals surface area contributed by atoms with Gasteiger partial charge in [0, 0.05) is 30.9 Å². The average molecular weight is 565 g/mol. The van der Waals surface area contributed by atoms with E-state index in [9.17, 15) is 23.1 Å². The predicted molar refractivity (Wildman–Crippen MR) is 120 cm³/mol. The van der Waals surface area contributed by atoms with E-state index in [-0.39, 0.29) is 30.9 Å². The van der Waals surface area contributed by atoms with Crippen molar-refractivity contribution in [2.75, 3.05) is 45.7 Å². The molecule has 0 spiro atoms. The second-order valence-corrected chi connectivity index (χ2v) is 8.70. The van der Waals surface area contributed by atoms with Gasteiger partial charge in [-0.15, -0.1) is 0 Å². The molecule has 32 heavy (non-hydrogen) atoms. The molecule has 3 N–H and O–H groups in total. The minimum Gasteiger partial charge on any atom is -0.385 e. The molecule has 0 bridgehead atoms. The molecule has 1 aliphatic heterocycles. The molecule has 1 fully saturated rings. The predicted octanol–water partition coefficient (Wildman–Crippen LogP) is 2.85. The molecule has 2 aromatic carbocycles. The Bertz CT molecular complexity index is 985. The number of rotatable bonds is 9. The molecule has 0 unspecified atom stereocenters. The van der Waals surface area contributed by atoms with E-state index in [2.05, 4.69) is 10.6 Å². The number of amides is 1. The zero-order valence-corrected chi connectivity index (χ0v) is 19.6. The zero-order chi connectivity index (χ0) is 23.5. The zero-order valence-electron chi connectivity index (χ0n) is 17.4. The maximum absolute atomic E-state index is 14.6. The third-order valence-corrected chi connectivity index (χ3v) is 5.74. The summed E-state index contributed by atoms with van der Waals surface area (Å²) in [5, 5.41) is 16.1. The fraction of sp³-hybridized carbons (Fsp3) is 0.381. The second kappa shape index (κ2) is 10.3. The molecule has 11 heteroatoms. The smallest absolute Gasteiger partial charge is 0.256 e. The largest absolute Gasteiger partial charge is 0.385 e. The van der Waals surface area contributed by atoms with Crippen LogP contribution in [-0.4, -0.2) is 68.2 Å². The number of halogens is 4. The number of aliphatic hydroxyl groups is 1. The number of β-amino-alcohol motifs (C(OH)–C–C–N with tert-alkyl or cyclic N) is 1. The maximum atomic E-state index is 14.6. The van der Waals surface area contributed by atoms with Crippen LogP contribution in [0.1, 0.15) is 10.4 Å². The lowest BCUT2D eigenvalue weighted by Crippen LogP contribution is -2.67. The van der Waals surface area contributed by atoms with Crippen molar-refractivity contribution < 1.29 is 32.5 Å². The van der Waals surface area contributed by atoms with Crippen LogP contribution in [0.3, 0.4) is 0 Å². The van der Waals surface area contributed by atoms with Gasteiger partial charge < -0.3 is 30.1 Å². The van der Waals surface area contributed by atoms with Crippen LogP contribution in [-0.2, 0) is 9.47 Å². The number of ether oxygens (including phenoxy) is 2. The van der Waals surface area contributed by atoms with E-state index in [1.54, 1.807) is 6.07 Å². The van der Waals surface area contributed by atoms with Crippen molar-refractivity contribution >= 4 is 39.9 Å². The molecule has 1 aliphatic rings. The van der Waals surface area contributed by atoms with Crippen molar-refractivity contribution in [1.82, 2.24) is 10.2 Å². The van der Waals surface area contributed by atoms with E-state index >= 15 is 0 Å². The second-order valence-electron chi connectivity index (χ2n) is 7.45. The molecule has 174 valence electrons. The van der Waals surface area contributed by atoms with Crippen molar-refractivity contribution in [3.05, 3.63) is 56.9 Å². The number of hydrogen-bond acceptors (Lipinski definition) is 6. The Kier molecular flexibility index (Phi) is 7.98. The molecule has 0 atom stereocenters. The van der Waals surface area contributed by atoms with Crippen LogP contribution < -0.4 is 10.6 Å². The SMILES string of the molecule is COC(CNCC1(O)CN(C(=O)c2ccc(F)c(F)c2Nc2ccc(I)cc2F)C1)OC. The van der Waals surface area contributed by atoms with Gasteiger partial charge in [-0.1, -0.05) is 0 Å². The molecule has 7 nitrogen and oxygen atoms in total. The Balaban J connectivity index is 1.72. The van der Waals surface area contributed by atoms with Gasteiger partial charge in [0.05, 0.1) is 30.0 Å². The third kappa shape index (κ3) is 5.52. The van der Waals surface area contributed by atoms with Crippen LogP contribution in [0.15, 0.2) is 30.3 Å². The highest BCUT2D eigenvalue weighted by Gasteiger charge is 2.44. The van der Waals surface area contributed by atoms with Crippen molar-refractivity contribution in [3.63, 3.8) is 0 Å². The summed E-state index contributed by atoms with van der Waals surface area (Å²) >= 11 is 1.92. The summed E-state index contributed by atoms with van der Waals surface area (Å²) in [4.78, 5) is 14.2. The van der Waals surface area contributed by atoms with E-state index in [1.807, 2.05) is 22.6 Å². The van der Waals surface area contributed by atoms with Gasteiger partial charge in [-0.05, 0) is 52.9 Å². The fourth-order valence-corrected chi connectivity index (χ4v) is 3.81. The molecule has 0 aromatic heterocycles. The summed E-state index contributed by atoms with van der Waals surface area (Å²) < 4.78 is 53.4. The number of anilines is 2. The van der Waals surface area contributed by atoms with E-state index in [0.29, 0.717) is 10.1 Å². The van der Waals surface area contributed by atoms with Crippen molar-refractivity contribution in [3.8, 4) is 0 Å². The molecule has 1 amide bonds. The summed E-state index contributed by atoms with van der Waals surface area (Å²) in [5.41, 5.74) is -1.92.